The second-order valence-corrected chi connectivity index (χ2v) is 5.08. The molecular weight excluding hydrogens is 234 g/mol. The number of rotatable bonds is 4. The Balaban J connectivity index is 2.15. The largest absolute Gasteiger partial charge is 0.355 e. The Morgan fingerprint density at radius 2 is 2.05 bits per heavy atom. The van der Waals surface area contributed by atoms with Crippen LogP contribution in [-0.4, -0.2) is 12.0 Å². The van der Waals surface area contributed by atoms with Gasteiger partial charge in [-0.2, -0.15) is 0 Å². The number of pyridine rings is 1. The zero-order valence-electron chi connectivity index (χ0n) is 11.8. The number of aryl methyl sites for hydroxylation is 1. The molecule has 0 radical (unpaired) electrons. The van der Waals surface area contributed by atoms with Crippen molar-refractivity contribution >= 4 is 5.82 Å². The van der Waals surface area contributed by atoms with E-state index in [1.807, 2.05) is 19.2 Å². The summed E-state index contributed by atoms with van der Waals surface area (Å²) in [5.74, 6) is 0.955. The topological polar surface area (TPSA) is 42.1 Å². The average Bonchev–Trinajstić information content (AvgIpc) is 2.39. The van der Waals surface area contributed by atoms with Crippen molar-refractivity contribution in [3.8, 4) is 0 Å². The molecule has 1 aromatic heterocycles. The SMILES string of the molecule is Cc1cccc(CN(C)c2cc([C@@H](C)N)ccn2)c1. The zero-order valence-corrected chi connectivity index (χ0v) is 11.8. The van der Waals surface area contributed by atoms with Gasteiger partial charge in [-0.3, -0.25) is 0 Å². The van der Waals surface area contributed by atoms with Crippen LogP contribution in [0.4, 0.5) is 5.82 Å². The molecule has 0 unspecified atom stereocenters. The molecule has 100 valence electrons. The van der Waals surface area contributed by atoms with E-state index in [2.05, 4.69) is 54.2 Å². The number of benzene rings is 1. The van der Waals surface area contributed by atoms with Gasteiger partial charge in [0.2, 0.25) is 0 Å². The molecule has 1 atom stereocenters. The molecular formula is C16H21N3. The van der Waals surface area contributed by atoms with E-state index in [1.54, 1.807) is 0 Å². The number of hydrogen-bond acceptors (Lipinski definition) is 3. The van der Waals surface area contributed by atoms with Crippen LogP contribution in [0.2, 0.25) is 0 Å². The van der Waals surface area contributed by atoms with E-state index < -0.39 is 0 Å². The Morgan fingerprint density at radius 1 is 1.26 bits per heavy atom. The van der Waals surface area contributed by atoms with Gasteiger partial charge in [0.1, 0.15) is 5.82 Å². The van der Waals surface area contributed by atoms with E-state index in [4.69, 9.17) is 5.73 Å². The number of hydrogen-bond donors (Lipinski definition) is 1. The van der Waals surface area contributed by atoms with E-state index in [9.17, 15) is 0 Å². The number of anilines is 1. The fourth-order valence-corrected chi connectivity index (χ4v) is 2.09. The van der Waals surface area contributed by atoms with Crippen molar-refractivity contribution in [2.24, 2.45) is 5.73 Å². The van der Waals surface area contributed by atoms with Crippen molar-refractivity contribution in [1.29, 1.82) is 0 Å². The Hall–Kier alpha value is -1.87. The van der Waals surface area contributed by atoms with Gasteiger partial charge in [-0.25, -0.2) is 4.98 Å². The Kier molecular flexibility index (Phi) is 4.17. The Morgan fingerprint density at radius 3 is 2.74 bits per heavy atom. The van der Waals surface area contributed by atoms with Gasteiger partial charge in [-0.15, -0.1) is 0 Å². The first-order valence-corrected chi connectivity index (χ1v) is 6.54. The third-order valence-electron chi connectivity index (χ3n) is 3.19. The summed E-state index contributed by atoms with van der Waals surface area (Å²) >= 11 is 0. The van der Waals surface area contributed by atoms with Gasteiger partial charge in [-0.1, -0.05) is 29.8 Å². The van der Waals surface area contributed by atoms with E-state index >= 15 is 0 Å². The van der Waals surface area contributed by atoms with Gasteiger partial charge in [-0.05, 0) is 37.1 Å². The van der Waals surface area contributed by atoms with E-state index in [1.165, 1.54) is 11.1 Å². The van der Waals surface area contributed by atoms with Gasteiger partial charge in [0, 0.05) is 25.8 Å². The maximum atomic E-state index is 5.91. The summed E-state index contributed by atoms with van der Waals surface area (Å²) in [5, 5.41) is 0. The van der Waals surface area contributed by atoms with Gasteiger partial charge < -0.3 is 10.6 Å². The zero-order chi connectivity index (χ0) is 13.8. The molecule has 0 spiro atoms. The lowest BCUT2D eigenvalue weighted by molar-refractivity contribution is 0.809. The normalized spacial score (nSPS) is 12.2. The maximum absolute atomic E-state index is 5.91. The number of nitrogens with two attached hydrogens (primary N) is 1. The van der Waals surface area contributed by atoms with Crippen LogP contribution in [0.25, 0.3) is 0 Å². The summed E-state index contributed by atoms with van der Waals surface area (Å²) in [5.41, 5.74) is 9.59. The van der Waals surface area contributed by atoms with Gasteiger partial charge in [0.15, 0.2) is 0 Å². The molecule has 3 heteroatoms. The molecule has 0 bridgehead atoms. The molecule has 0 fully saturated rings. The lowest BCUT2D eigenvalue weighted by Gasteiger charge is -2.19. The highest BCUT2D eigenvalue weighted by atomic mass is 15.2. The van der Waals surface area contributed by atoms with Gasteiger partial charge >= 0.3 is 0 Å². The standard InChI is InChI=1S/C16H21N3/c1-12-5-4-6-14(9-12)11-19(3)16-10-15(13(2)17)7-8-18-16/h4-10,13H,11,17H2,1-3H3/t13-/m1/s1. The molecule has 0 saturated carbocycles. The Bertz CT molecular complexity index is 549. The van der Waals surface area contributed by atoms with Crippen LogP contribution in [0.1, 0.15) is 29.7 Å². The third-order valence-corrected chi connectivity index (χ3v) is 3.19. The monoisotopic (exact) mass is 255 g/mol. The van der Waals surface area contributed by atoms with Crippen LogP contribution in [0.15, 0.2) is 42.6 Å². The van der Waals surface area contributed by atoms with Crippen molar-refractivity contribution in [2.45, 2.75) is 26.4 Å². The van der Waals surface area contributed by atoms with Crippen molar-refractivity contribution in [2.75, 3.05) is 11.9 Å². The van der Waals surface area contributed by atoms with Gasteiger partial charge in [0.25, 0.3) is 0 Å². The average molecular weight is 255 g/mol. The molecule has 0 saturated heterocycles. The van der Waals surface area contributed by atoms with Crippen LogP contribution in [0.5, 0.6) is 0 Å². The minimum atomic E-state index is 0.0362. The highest BCUT2D eigenvalue weighted by molar-refractivity contribution is 5.42. The first-order chi connectivity index (χ1) is 9.06. The van der Waals surface area contributed by atoms with E-state index in [0.717, 1.165) is 17.9 Å². The molecule has 19 heavy (non-hydrogen) atoms. The fraction of sp³-hybridized carbons (Fsp3) is 0.312. The predicted molar refractivity (Wildman–Crippen MR) is 80.1 cm³/mol. The lowest BCUT2D eigenvalue weighted by atomic mass is 10.1. The molecule has 2 rings (SSSR count). The molecule has 1 aromatic carbocycles. The maximum Gasteiger partial charge on any atom is 0.128 e. The molecule has 1 heterocycles. The van der Waals surface area contributed by atoms with Crippen LogP contribution < -0.4 is 10.6 Å². The van der Waals surface area contributed by atoms with E-state index in [-0.39, 0.29) is 6.04 Å². The van der Waals surface area contributed by atoms with E-state index in [0.29, 0.717) is 0 Å². The fourth-order valence-electron chi connectivity index (χ4n) is 2.09. The minimum absolute atomic E-state index is 0.0362. The van der Waals surface area contributed by atoms with Crippen molar-refractivity contribution in [3.63, 3.8) is 0 Å². The summed E-state index contributed by atoms with van der Waals surface area (Å²) in [6.07, 6.45) is 1.82. The Labute approximate surface area is 115 Å². The quantitative estimate of drug-likeness (QED) is 0.913. The highest BCUT2D eigenvalue weighted by Crippen LogP contribution is 2.17. The summed E-state index contributed by atoms with van der Waals surface area (Å²) in [4.78, 5) is 6.55. The highest BCUT2D eigenvalue weighted by Gasteiger charge is 2.06. The van der Waals surface area contributed by atoms with Crippen LogP contribution in [0, 0.1) is 6.92 Å². The van der Waals surface area contributed by atoms with Crippen LogP contribution in [0.3, 0.4) is 0 Å². The molecule has 2 N–H and O–H groups in total. The minimum Gasteiger partial charge on any atom is -0.355 e. The number of aromatic nitrogens is 1. The molecule has 2 aromatic rings. The van der Waals surface area contributed by atoms with Crippen LogP contribution in [-0.2, 0) is 6.54 Å². The summed E-state index contributed by atoms with van der Waals surface area (Å²) in [6, 6.07) is 12.6. The second-order valence-electron chi connectivity index (χ2n) is 5.08. The second kappa shape index (κ2) is 5.85. The number of nitrogens with zero attached hydrogens (tertiary/aromatic N) is 2. The molecule has 0 aliphatic carbocycles. The van der Waals surface area contributed by atoms with Gasteiger partial charge in [0.05, 0.1) is 0 Å². The molecule has 3 nitrogen and oxygen atoms in total. The summed E-state index contributed by atoms with van der Waals surface area (Å²) in [7, 11) is 2.05. The molecule has 0 aliphatic heterocycles. The summed E-state index contributed by atoms with van der Waals surface area (Å²) < 4.78 is 0. The summed E-state index contributed by atoms with van der Waals surface area (Å²) in [6.45, 7) is 4.94. The first-order valence-electron chi connectivity index (χ1n) is 6.54. The molecule has 0 amide bonds. The van der Waals surface area contributed by atoms with Crippen LogP contribution >= 0.6 is 0 Å². The molecule has 0 aliphatic rings. The van der Waals surface area contributed by atoms with Crippen molar-refractivity contribution in [3.05, 3.63) is 59.3 Å². The van der Waals surface area contributed by atoms with Crippen molar-refractivity contribution < 1.29 is 0 Å². The third kappa shape index (κ3) is 3.55. The smallest absolute Gasteiger partial charge is 0.128 e. The van der Waals surface area contributed by atoms with Crippen molar-refractivity contribution in [1.82, 2.24) is 4.98 Å². The predicted octanol–water partition coefficient (Wildman–Crippen LogP) is 3.05. The first kappa shape index (κ1) is 13.6. The lowest BCUT2D eigenvalue weighted by Crippen LogP contribution is -2.18.